The Bertz CT molecular complexity index is 720. The van der Waals surface area contributed by atoms with Crippen LogP contribution in [0.15, 0.2) is 27.8 Å². The number of nitrogen functional groups attached to an aromatic ring is 1. The number of nitrogens with one attached hydrogen (secondary N) is 2. The zero-order chi connectivity index (χ0) is 15.5. The minimum absolute atomic E-state index is 0.00420. The minimum atomic E-state index is -3.96. The molecule has 0 unspecified atom stereocenters. The van der Waals surface area contributed by atoms with Crippen molar-refractivity contribution in [1.29, 1.82) is 0 Å². The summed E-state index contributed by atoms with van der Waals surface area (Å²) in [6.07, 6.45) is 2.41. The molecule has 0 aliphatic carbocycles. The highest BCUT2D eigenvalue weighted by atomic mass is 79.9. The van der Waals surface area contributed by atoms with Crippen LogP contribution in [0.2, 0.25) is 0 Å². The maximum atomic E-state index is 13.9. The molecule has 0 bridgehead atoms. The SMILES string of the molecule is Nc1cc(Br)c(F)c(S(=O)(=O)NCCCc2ncn[nH]2)c1. The molecule has 0 radical (unpaired) electrons. The summed E-state index contributed by atoms with van der Waals surface area (Å²) in [6, 6.07) is 2.39. The molecule has 4 N–H and O–H groups in total. The van der Waals surface area contributed by atoms with Gasteiger partial charge in [0.25, 0.3) is 0 Å². The number of nitrogens with zero attached hydrogens (tertiary/aromatic N) is 2. The van der Waals surface area contributed by atoms with E-state index in [0.717, 1.165) is 6.07 Å². The highest BCUT2D eigenvalue weighted by molar-refractivity contribution is 9.10. The van der Waals surface area contributed by atoms with Crippen molar-refractivity contribution >= 4 is 31.6 Å². The summed E-state index contributed by atoms with van der Waals surface area (Å²) in [5, 5.41) is 6.35. The van der Waals surface area contributed by atoms with Crippen molar-refractivity contribution in [2.24, 2.45) is 0 Å². The van der Waals surface area contributed by atoms with Gasteiger partial charge in [-0.25, -0.2) is 22.5 Å². The zero-order valence-electron chi connectivity index (χ0n) is 10.8. The number of hydrogen-bond donors (Lipinski definition) is 3. The van der Waals surface area contributed by atoms with E-state index < -0.39 is 20.7 Å². The third kappa shape index (κ3) is 3.99. The van der Waals surface area contributed by atoms with Crippen LogP contribution in [0.5, 0.6) is 0 Å². The Hall–Kier alpha value is -1.52. The largest absolute Gasteiger partial charge is 0.399 e. The molecule has 0 saturated carbocycles. The summed E-state index contributed by atoms with van der Waals surface area (Å²) in [6.45, 7) is 0.148. The van der Waals surface area contributed by atoms with E-state index in [1.807, 2.05) is 0 Å². The van der Waals surface area contributed by atoms with Crippen molar-refractivity contribution in [1.82, 2.24) is 19.9 Å². The number of halogens is 2. The molecule has 0 saturated heterocycles. The predicted molar refractivity (Wildman–Crippen MR) is 78.4 cm³/mol. The summed E-state index contributed by atoms with van der Waals surface area (Å²) in [5.74, 6) is -0.209. The second-order valence-corrected chi connectivity index (χ2v) is 6.84. The van der Waals surface area contributed by atoms with Gasteiger partial charge in [0.05, 0.1) is 4.47 Å². The summed E-state index contributed by atoms with van der Waals surface area (Å²) < 4.78 is 40.3. The normalized spacial score (nSPS) is 11.7. The van der Waals surface area contributed by atoms with Crippen LogP contribution in [0.4, 0.5) is 10.1 Å². The number of hydrogen-bond acceptors (Lipinski definition) is 5. The highest BCUT2D eigenvalue weighted by Gasteiger charge is 2.21. The molecular formula is C11H13BrFN5O2S. The minimum Gasteiger partial charge on any atom is -0.399 e. The molecule has 1 aromatic carbocycles. The van der Waals surface area contributed by atoms with Crippen LogP contribution in [-0.2, 0) is 16.4 Å². The van der Waals surface area contributed by atoms with Crippen molar-refractivity contribution in [3.05, 3.63) is 34.6 Å². The molecule has 2 rings (SSSR count). The molecule has 1 aromatic heterocycles. The standard InChI is InChI=1S/C11H13BrFN5O2S/c12-8-4-7(14)5-9(11(8)13)21(19,20)17-3-1-2-10-15-6-16-18-10/h4-6,17H,1-3,14H2,(H,15,16,18). The number of rotatable bonds is 6. The Balaban J connectivity index is 2.02. The molecule has 0 spiro atoms. The third-order valence-electron chi connectivity index (χ3n) is 2.65. The fourth-order valence-electron chi connectivity index (χ4n) is 1.67. The van der Waals surface area contributed by atoms with E-state index in [0.29, 0.717) is 18.7 Å². The first-order valence-electron chi connectivity index (χ1n) is 5.98. The molecule has 2 aromatic rings. The monoisotopic (exact) mass is 377 g/mol. The van der Waals surface area contributed by atoms with Crippen LogP contribution in [-0.4, -0.2) is 30.1 Å². The van der Waals surface area contributed by atoms with Gasteiger partial charge in [0.15, 0.2) is 5.82 Å². The van der Waals surface area contributed by atoms with Gasteiger partial charge >= 0.3 is 0 Å². The molecule has 0 atom stereocenters. The Morgan fingerprint density at radius 3 is 2.86 bits per heavy atom. The number of sulfonamides is 1. The number of nitrogens with two attached hydrogens (primary N) is 1. The second-order valence-electron chi connectivity index (χ2n) is 4.25. The molecule has 1 heterocycles. The molecule has 0 amide bonds. The molecule has 21 heavy (non-hydrogen) atoms. The van der Waals surface area contributed by atoms with Crippen molar-refractivity contribution in [2.75, 3.05) is 12.3 Å². The molecule has 0 fully saturated rings. The van der Waals surface area contributed by atoms with Gasteiger partial charge in [-0.1, -0.05) is 0 Å². The Kier molecular flexibility index (Phi) is 4.91. The van der Waals surface area contributed by atoms with E-state index in [9.17, 15) is 12.8 Å². The summed E-state index contributed by atoms with van der Waals surface area (Å²) >= 11 is 2.93. The first kappa shape index (κ1) is 15.9. The van der Waals surface area contributed by atoms with Gasteiger partial charge in [0.1, 0.15) is 17.0 Å². The summed E-state index contributed by atoms with van der Waals surface area (Å²) in [7, 11) is -3.96. The number of aromatic nitrogens is 3. The van der Waals surface area contributed by atoms with Crippen molar-refractivity contribution < 1.29 is 12.8 Å². The van der Waals surface area contributed by atoms with E-state index in [1.165, 1.54) is 12.4 Å². The van der Waals surface area contributed by atoms with Gasteiger partial charge in [0.2, 0.25) is 10.0 Å². The first-order valence-corrected chi connectivity index (χ1v) is 8.26. The maximum Gasteiger partial charge on any atom is 0.243 e. The van der Waals surface area contributed by atoms with Crippen LogP contribution in [0, 0.1) is 5.82 Å². The smallest absolute Gasteiger partial charge is 0.243 e. The zero-order valence-corrected chi connectivity index (χ0v) is 13.2. The third-order valence-corrected chi connectivity index (χ3v) is 4.69. The van der Waals surface area contributed by atoms with E-state index in [2.05, 4.69) is 35.8 Å². The number of benzene rings is 1. The Labute approximate surface area is 129 Å². The number of aryl methyl sites for hydroxylation is 1. The number of H-pyrrole nitrogens is 1. The van der Waals surface area contributed by atoms with Crippen molar-refractivity contribution in [2.45, 2.75) is 17.7 Å². The van der Waals surface area contributed by atoms with Crippen LogP contribution in [0.3, 0.4) is 0 Å². The molecule has 0 aliphatic heterocycles. The number of anilines is 1. The van der Waals surface area contributed by atoms with Crippen LogP contribution in [0.25, 0.3) is 0 Å². The van der Waals surface area contributed by atoms with Gasteiger partial charge in [-0.2, -0.15) is 5.10 Å². The predicted octanol–water partition coefficient (Wildman–Crippen LogP) is 1.20. The van der Waals surface area contributed by atoms with Crippen LogP contribution in [0.1, 0.15) is 12.2 Å². The summed E-state index contributed by atoms with van der Waals surface area (Å²) in [5.41, 5.74) is 5.69. The molecular weight excluding hydrogens is 365 g/mol. The van der Waals surface area contributed by atoms with Gasteiger partial charge in [-0.15, -0.1) is 0 Å². The summed E-state index contributed by atoms with van der Waals surface area (Å²) in [4.78, 5) is 3.44. The quantitative estimate of drug-likeness (QED) is 0.516. The second kappa shape index (κ2) is 6.50. The lowest BCUT2D eigenvalue weighted by Gasteiger charge is -2.09. The maximum absolute atomic E-state index is 13.9. The molecule has 0 aliphatic rings. The molecule has 10 heteroatoms. The van der Waals surface area contributed by atoms with E-state index in [4.69, 9.17) is 5.73 Å². The van der Waals surface area contributed by atoms with E-state index >= 15 is 0 Å². The van der Waals surface area contributed by atoms with Gasteiger partial charge < -0.3 is 5.73 Å². The van der Waals surface area contributed by atoms with E-state index in [1.54, 1.807) is 0 Å². The lowest BCUT2D eigenvalue weighted by atomic mass is 10.3. The first-order chi connectivity index (χ1) is 9.90. The average Bonchev–Trinajstić information content (AvgIpc) is 2.92. The lowest BCUT2D eigenvalue weighted by Crippen LogP contribution is -2.26. The van der Waals surface area contributed by atoms with Crippen molar-refractivity contribution in [3.63, 3.8) is 0 Å². The van der Waals surface area contributed by atoms with Gasteiger partial charge in [-0.05, 0) is 34.5 Å². The lowest BCUT2D eigenvalue weighted by molar-refractivity contribution is 0.552. The number of aromatic amines is 1. The topological polar surface area (TPSA) is 114 Å². The highest BCUT2D eigenvalue weighted by Crippen LogP contribution is 2.25. The van der Waals surface area contributed by atoms with Crippen LogP contribution < -0.4 is 10.5 Å². The van der Waals surface area contributed by atoms with E-state index in [-0.39, 0.29) is 16.7 Å². The average molecular weight is 378 g/mol. The fourth-order valence-corrected chi connectivity index (χ4v) is 3.49. The molecule has 114 valence electrons. The van der Waals surface area contributed by atoms with Gasteiger partial charge in [0, 0.05) is 18.7 Å². The molecule has 7 nitrogen and oxygen atoms in total. The Morgan fingerprint density at radius 1 is 1.43 bits per heavy atom. The fraction of sp³-hybridized carbons (Fsp3) is 0.273. The van der Waals surface area contributed by atoms with Crippen LogP contribution >= 0.6 is 15.9 Å². The Morgan fingerprint density at radius 2 is 2.19 bits per heavy atom. The van der Waals surface area contributed by atoms with Gasteiger partial charge in [-0.3, -0.25) is 5.10 Å². The van der Waals surface area contributed by atoms with Crippen molar-refractivity contribution in [3.8, 4) is 0 Å².